The molecule has 114 valence electrons. The van der Waals surface area contributed by atoms with Crippen LogP contribution >= 0.6 is 10.0 Å². The first-order valence-corrected chi connectivity index (χ1v) is 8.97. The zero-order chi connectivity index (χ0) is 15.6. The maximum Gasteiger partial charge on any atom is 0.130 e. The van der Waals surface area contributed by atoms with Crippen molar-refractivity contribution in [3.05, 3.63) is 58.7 Å². The van der Waals surface area contributed by atoms with E-state index in [0.29, 0.717) is 0 Å². The number of hydrogen-bond acceptors (Lipinski definition) is 0. The summed E-state index contributed by atoms with van der Waals surface area (Å²) in [5, 5.41) is 0. The van der Waals surface area contributed by atoms with Gasteiger partial charge < -0.3 is 0 Å². The van der Waals surface area contributed by atoms with Gasteiger partial charge in [-0.3, -0.25) is 0 Å². The van der Waals surface area contributed by atoms with Gasteiger partial charge >= 0.3 is 0 Å². The highest BCUT2D eigenvalue weighted by Crippen LogP contribution is 2.63. The lowest BCUT2D eigenvalue weighted by Gasteiger charge is -2.36. The second-order valence-corrected chi connectivity index (χ2v) is 8.74. The second-order valence-electron chi connectivity index (χ2n) is 5.59. The van der Waals surface area contributed by atoms with Gasteiger partial charge in [-0.2, -0.15) is 0 Å². The largest absolute Gasteiger partial charge is 0.240 e. The van der Waals surface area contributed by atoms with Crippen molar-refractivity contribution in [3.63, 3.8) is 0 Å². The van der Waals surface area contributed by atoms with Crippen LogP contribution in [0.1, 0.15) is 22.3 Å². The molecular weight excluding hydrogens is 286 g/mol. The summed E-state index contributed by atoms with van der Waals surface area (Å²) in [6.45, 7) is 7.99. The Balaban J connectivity index is 2.63. The van der Waals surface area contributed by atoms with Crippen molar-refractivity contribution in [1.82, 2.24) is 0 Å². The summed E-state index contributed by atoms with van der Waals surface area (Å²) in [4.78, 5) is 1.58. The van der Waals surface area contributed by atoms with Crippen LogP contribution in [0, 0.1) is 27.7 Å². The number of alkyl halides is 2. The fraction of sp³-hybridized carbons (Fsp3) is 0.333. The van der Waals surface area contributed by atoms with Gasteiger partial charge in [0.15, 0.2) is 0 Å². The van der Waals surface area contributed by atoms with E-state index >= 15 is 0 Å². The third-order valence-corrected chi connectivity index (χ3v) is 7.29. The van der Waals surface area contributed by atoms with Gasteiger partial charge in [-0.1, -0.05) is 12.1 Å². The molecule has 2 rings (SSSR count). The Hall–Kier alpha value is -1.35. The average molecular weight is 308 g/mol. The van der Waals surface area contributed by atoms with Crippen LogP contribution in [0.3, 0.4) is 0 Å². The molecule has 2 aromatic rings. The van der Waals surface area contributed by atoms with Crippen molar-refractivity contribution < 1.29 is 8.78 Å². The highest BCUT2D eigenvalue weighted by atomic mass is 32.3. The summed E-state index contributed by atoms with van der Waals surface area (Å²) in [5.74, 6) is 0. The maximum absolute atomic E-state index is 13.9. The van der Waals surface area contributed by atoms with Crippen molar-refractivity contribution in [3.8, 4) is 0 Å². The Labute approximate surface area is 127 Å². The molecule has 0 spiro atoms. The Morgan fingerprint density at radius 3 is 1.33 bits per heavy atom. The summed E-state index contributed by atoms with van der Waals surface area (Å²) in [5.41, 5.74) is 4.44. The van der Waals surface area contributed by atoms with Crippen molar-refractivity contribution in [2.24, 2.45) is 0 Å². The quantitative estimate of drug-likeness (QED) is 0.650. The first-order chi connectivity index (χ1) is 9.94. The Morgan fingerprint density at radius 1 is 0.667 bits per heavy atom. The smallest absolute Gasteiger partial charge is 0.130 e. The molecule has 0 unspecified atom stereocenters. The summed E-state index contributed by atoms with van der Waals surface area (Å²) >= 11 is 0. The molecule has 3 heteroatoms. The number of benzene rings is 2. The normalized spacial score (nSPS) is 12.5. The van der Waals surface area contributed by atoms with Crippen molar-refractivity contribution in [2.75, 3.05) is 12.0 Å². The van der Waals surface area contributed by atoms with E-state index in [1.165, 1.54) is 0 Å². The van der Waals surface area contributed by atoms with Crippen LogP contribution in [-0.4, -0.2) is 12.0 Å². The molecule has 2 aromatic carbocycles. The molecule has 0 saturated heterocycles. The molecular formula is C18H22F2S. The zero-order valence-corrected chi connectivity index (χ0v) is 13.9. The lowest BCUT2D eigenvalue weighted by Crippen LogP contribution is -2.07. The van der Waals surface area contributed by atoms with Gasteiger partial charge in [-0.15, -0.1) is 10.0 Å². The topological polar surface area (TPSA) is 0 Å². The molecule has 0 atom stereocenters. The highest BCUT2D eigenvalue weighted by Gasteiger charge is 2.29. The van der Waals surface area contributed by atoms with E-state index in [0.717, 1.165) is 32.0 Å². The minimum Gasteiger partial charge on any atom is -0.240 e. The molecule has 0 nitrogen and oxygen atoms in total. The molecule has 0 fully saturated rings. The van der Waals surface area contributed by atoms with Gasteiger partial charge in [0.2, 0.25) is 0 Å². The lowest BCUT2D eigenvalue weighted by atomic mass is 10.1. The molecule has 0 aliphatic carbocycles. The van der Waals surface area contributed by atoms with E-state index in [1.54, 1.807) is 0 Å². The number of halogens is 2. The summed E-state index contributed by atoms with van der Waals surface area (Å²) in [6, 6.07) is 10.2. The first-order valence-electron chi connectivity index (χ1n) is 7.00. The van der Waals surface area contributed by atoms with Crippen LogP contribution in [0.5, 0.6) is 0 Å². The third kappa shape index (κ3) is 2.84. The van der Waals surface area contributed by atoms with E-state index in [2.05, 4.69) is 0 Å². The van der Waals surface area contributed by atoms with Crippen molar-refractivity contribution >= 4 is 10.0 Å². The fourth-order valence-electron chi connectivity index (χ4n) is 2.33. The maximum atomic E-state index is 13.9. The zero-order valence-electron chi connectivity index (χ0n) is 13.0. The van der Waals surface area contributed by atoms with Gasteiger partial charge in [-0.05, 0) is 84.0 Å². The highest BCUT2D eigenvalue weighted by molar-refractivity contribution is 8.33. The lowest BCUT2D eigenvalue weighted by molar-refractivity contribution is 0.565. The minimum atomic E-state index is -2.24. The minimum absolute atomic E-state index is 0.658. The molecule has 0 aliphatic heterocycles. The van der Waals surface area contributed by atoms with Crippen LogP contribution < -0.4 is 0 Å². The molecule has 0 N–H and O–H groups in total. The summed E-state index contributed by atoms with van der Waals surface area (Å²) in [6.07, 6.45) is 0. The molecule has 0 heterocycles. The Kier molecular flexibility index (Phi) is 4.72. The Morgan fingerprint density at radius 2 is 1.05 bits per heavy atom. The van der Waals surface area contributed by atoms with Crippen LogP contribution in [0.2, 0.25) is 0 Å². The third-order valence-electron chi connectivity index (χ3n) is 4.23. The molecule has 0 amide bonds. The summed E-state index contributed by atoms with van der Waals surface area (Å²) in [7, 11) is -2.24. The number of rotatable bonds is 4. The monoisotopic (exact) mass is 308 g/mol. The van der Waals surface area contributed by atoms with Gasteiger partial charge in [-0.25, -0.2) is 8.78 Å². The summed E-state index contributed by atoms with van der Waals surface area (Å²) < 4.78 is 27.9. The van der Waals surface area contributed by atoms with Crippen molar-refractivity contribution in [1.29, 1.82) is 0 Å². The standard InChI is InChI=1S/C18H22F2S/c1-13-5-7-17(9-15(13)3)21(11-19,12-20)18-8-6-14(2)16(4)10-18/h5-10H,11-12H2,1-4H3. The van der Waals surface area contributed by atoms with E-state index in [1.807, 2.05) is 64.1 Å². The molecule has 0 aliphatic rings. The van der Waals surface area contributed by atoms with E-state index in [4.69, 9.17) is 0 Å². The molecule has 0 radical (unpaired) electrons. The van der Waals surface area contributed by atoms with Gasteiger partial charge in [0.25, 0.3) is 0 Å². The van der Waals surface area contributed by atoms with E-state index < -0.39 is 22.0 Å². The molecule has 0 aromatic heterocycles. The van der Waals surface area contributed by atoms with Crippen LogP contribution in [0.4, 0.5) is 8.78 Å². The molecule has 0 bridgehead atoms. The SMILES string of the molecule is Cc1ccc(S(CF)(CF)c2ccc(C)c(C)c2)cc1C. The fourth-order valence-corrected chi connectivity index (χ4v) is 4.63. The van der Waals surface area contributed by atoms with Gasteiger partial charge in [0, 0.05) is 0 Å². The van der Waals surface area contributed by atoms with Crippen LogP contribution in [0.25, 0.3) is 0 Å². The average Bonchev–Trinajstić information content (AvgIpc) is 2.48. The second kappa shape index (κ2) is 6.18. The van der Waals surface area contributed by atoms with Crippen LogP contribution in [0.15, 0.2) is 46.2 Å². The molecule has 0 saturated carbocycles. The number of hydrogen-bond donors (Lipinski definition) is 0. The van der Waals surface area contributed by atoms with Crippen LogP contribution in [-0.2, 0) is 0 Å². The number of aryl methyl sites for hydroxylation is 4. The van der Waals surface area contributed by atoms with Gasteiger partial charge in [0.05, 0.1) is 0 Å². The van der Waals surface area contributed by atoms with Crippen molar-refractivity contribution in [2.45, 2.75) is 37.5 Å². The Bertz CT molecular complexity index is 592. The van der Waals surface area contributed by atoms with E-state index in [-0.39, 0.29) is 0 Å². The first kappa shape index (κ1) is 16.0. The molecule has 21 heavy (non-hydrogen) atoms. The predicted molar refractivity (Wildman–Crippen MR) is 87.9 cm³/mol. The van der Waals surface area contributed by atoms with Gasteiger partial charge in [0.1, 0.15) is 12.0 Å². The van der Waals surface area contributed by atoms with E-state index in [9.17, 15) is 8.78 Å². The predicted octanol–water partition coefficient (Wildman–Crippen LogP) is 6.00.